The molecule has 0 aliphatic carbocycles. The van der Waals surface area contributed by atoms with Crippen LogP contribution >= 0.6 is 0 Å². The molecule has 0 saturated heterocycles. The van der Waals surface area contributed by atoms with Gasteiger partial charge in [0.15, 0.2) is 0 Å². The van der Waals surface area contributed by atoms with Crippen molar-refractivity contribution in [1.29, 1.82) is 0 Å². The molecule has 0 heterocycles. The van der Waals surface area contributed by atoms with Gasteiger partial charge in [-0.3, -0.25) is 9.59 Å². The van der Waals surface area contributed by atoms with Gasteiger partial charge in [0.2, 0.25) is 0 Å². The minimum absolute atomic E-state index is 0.0822. The molecule has 3 nitrogen and oxygen atoms in total. The SMILES string of the molecule is CC(=O)[C@@H](C)CCCCC(=O)O. The molecule has 70 valence electrons. The van der Waals surface area contributed by atoms with Gasteiger partial charge in [0.05, 0.1) is 0 Å². The predicted octanol–water partition coefficient (Wildman–Crippen LogP) is 1.86. The molecule has 0 amide bonds. The number of Topliss-reactive ketones (excluding diaryl/α,β-unsaturated/α-hetero) is 1. The van der Waals surface area contributed by atoms with Crippen molar-refractivity contribution in [2.45, 2.75) is 39.5 Å². The van der Waals surface area contributed by atoms with Gasteiger partial charge < -0.3 is 5.11 Å². The van der Waals surface area contributed by atoms with E-state index in [0.29, 0.717) is 6.42 Å². The molecule has 0 saturated carbocycles. The minimum atomic E-state index is -0.759. The standard InChI is InChI=1S/C9H16O3/c1-7(8(2)10)5-3-4-6-9(11)12/h7H,3-6H2,1-2H3,(H,11,12)/t7-/m0/s1. The summed E-state index contributed by atoms with van der Waals surface area (Å²) in [6, 6.07) is 0. The summed E-state index contributed by atoms with van der Waals surface area (Å²) in [7, 11) is 0. The fourth-order valence-corrected chi connectivity index (χ4v) is 0.930. The molecule has 0 aliphatic rings. The van der Waals surface area contributed by atoms with E-state index in [-0.39, 0.29) is 18.1 Å². The number of rotatable bonds is 6. The minimum Gasteiger partial charge on any atom is -0.481 e. The Balaban J connectivity index is 3.31. The van der Waals surface area contributed by atoms with E-state index < -0.39 is 5.97 Å². The van der Waals surface area contributed by atoms with Crippen molar-refractivity contribution >= 4 is 11.8 Å². The van der Waals surface area contributed by atoms with Crippen molar-refractivity contribution in [2.24, 2.45) is 5.92 Å². The average Bonchev–Trinajstić information content (AvgIpc) is 1.97. The van der Waals surface area contributed by atoms with Gasteiger partial charge in [0, 0.05) is 12.3 Å². The molecule has 0 bridgehead atoms. The highest BCUT2D eigenvalue weighted by molar-refractivity contribution is 5.77. The lowest BCUT2D eigenvalue weighted by Gasteiger charge is -2.05. The van der Waals surface area contributed by atoms with Crippen molar-refractivity contribution in [3.05, 3.63) is 0 Å². The van der Waals surface area contributed by atoms with Crippen molar-refractivity contribution < 1.29 is 14.7 Å². The summed E-state index contributed by atoms with van der Waals surface area (Å²) in [4.78, 5) is 20.9. The van der Waals surface area contributed by atoms with Crippen molar-refractivity contribution in [2.75, 3.05) is 0 Å². The lowest BCUT2D eigenvalue weighted by molar-refractivity contribution is -0.137. The van der Waals surface area contributed by atoms with E-state index in [1.807, 2.05) is 6.92 Å². The Kier molecular flexibility index (Phi) is 5.34. The monoisotopic (exact) mass is 172 g/mol. The first-order valence-corrected chi connectivity index (χ1v) is 4.26. The molecular weight excluding hydrogens is 156 g/mol. The normalized spacial score (nSPS) is 12.5. The zero-order valence-corrected chi connectivity index (χ0v) is 7.67. The molecule has 0 unspecified atom stereocenters. The number of carbonyl (C=O) groups is 2. The summed E-state index contributed by atoms with van der Waals surface area (Å²) in [6.45, 7) is 3.45. The molecule has 12 heavy (non-hydrogen) atoms. The van der Waals surface area contributed by atoms with E-state index in [9.17, 15) is 9.59 Å². The van der Waals surface area contributed by atoms with Gasteiger partial charge in [-0.05, 0) is 19.8 Å². The third-order valence-corrected chi connectivity index (χ3v) is 1.97. The highest BCUT2D eigenvalue weighted by Gasteiger charge is 2.06. The Morgan fingerprint density at radius 2 is 1.92 bits per heavy atom. The smallest absolute Gasteiger partial charge is 0.303 e. The fraction of sp³-hybridized carbons (Fsp3) is 0.778. The van der Waals surface area contributed by atoms with E-state index in [2.05, 4.69) is 0 Å². The summed E-state index contributed by atoms with van der Waals surface area (Å²) in [5.41, 5.74) is 0. The molecule has 0 fully saturated rings. The first kappa shape index (κ1) is 11.1. The first-order valence-electron chi connectivity index (χ1n) is 4.26. The number of aliphatic carboxylic acids is 1. The van der Waals surface area contributed by atoms with Gasteiger partial charge in [0.25, 0.3) is 0 Å². The molecule has 0 aliphatic heterocycles. The highest BCUT2D eigenvalue weighted by atomic mass is 16.4. The molecule has 0 aromatic rings. The van der Waals surface area contributed by atoms with Gasteiger partial charge in [-0.2, -0.15) is 0 Å². The Morgan fingerprint density at radius 1 is 1.33 bits per heavy atom. The number of hydrogen-bond donors (Lipinski definition) is 1. The van der Waals surface area contributed by atoms with Crippen LogP contribution in [0.15, 0.2) is 0 Å². The van der Waals surface area contributed by atoms with Gasteiger partial charge in [-0.15, -0.1) is 0 Å². The number of ketones is 1. The zero-order valence-electron chi connectivity index (χ0n) is 7.67. The Morgan fingerprint density at radius 3 is 2.33 bits per heavy atom. The third kappa shape index (κ3) is 5.89. The van der Waals surface area contributed by atoms with Crippen LogP contribution in [0.2, 0.25) is 0 Å². The summed E-state index contributed by atoms with van der Waals surface area (Å²) in [5.74, 6) is -0.491. The second kappa shape index (κ2) is 5.75. The quantitative estimate of drug-likeness (QED) is 0.622. The van der Waals surface area contributed by atoms with E-state index in [1.165, 1.54) is 0 Å². The fourth-order valence-electron chi connectivity index (χ4n) is 0.930. The number of carbonyl (C=O) groups excluding carboxylic acids is 1. The summed E-state index contributed by atoms with van der Waals surface area (Å²) in [6.07, 6.45) is 2.52. The van der Waals surface area contributed by atoms with Gasteiger partial charge in [-0.25, -0.2) is 0 Å². The largest absolute Gasteiger partial charge is 0.481 e. The molecule has 0 rings (SSSR count). The molecule has 0 aromatic carbocycles. The number of unbranched alkanes of at least 4 members (excludes halogenated alkanes) is 1. The van der Waals surface area contributed by atoms with Crippen LogP contribution in [0.3, 0.4) is 0 Å². The Hall–Kier alpha value is -0.860. The van der Waals surface area contributed by atoms with Crippen LogP contribution in [0.1, 0.15) is 39.5 Å². The van der Waals surface area contributed by atoms with E-state index in [4.69, 9.17) is 5.11 Å². The van der Waals surface area contributed by atoms with E-state index in [0.717, 1.165) is 12.8 Å². The number of carboxylic acids is 1. The molecule has 1 N–H and O–H groups in total. The lowest BCUT2D eigenvalue weighted by atomic mass is 10.00. The summed E-state index contributed by atoms with van der Waals surface area (Å²) < 4.78 is 0. The van der Waals surface area contributed by atoms with Gasteiger partial charge in [-0.1, -0.05) is 13.3 Å². The van der Waals surface area contributed by atoms with Crippen LogP contribution in [0.5, 0.6) is 0 Å². The highest BCUT2D eigenvalue weighted by Crippen LogP contribution is 2.09. The first-order chi connectivity index (χ1) is 5.54. The number of hydrogen-bond acceptors (Lipinski definition) is 2. The molecular formula is C9H16O3. The predicted molar refractivity (Wildman–Crippen MR) is 45.9 cm³/mol. The van der Waals surface area contributed by atoms with Crippen LogP contribution in [0.4, 0.5) is 0 Å². The van der Waals surface area contributed by atoms with E-state index >= 15 is 0 Å². The van der Waals surface area contributed by atoms with Crippen molar-refractivity contribution in [3.8, 4) is 0 Å². The molecule has 0 aromatic heterocycles. The van der Waals surface area contributed by atoms with Crippen LogP contribution in [-0.2, 0) is 9.59 Å². The number of carboxylic acid groups (broad SMARTS) is 1. The van der Waals surface area contributed by atoms with Crippen LogP contribution in [0, 0.1) is 5.92 Å². The maximum absolute atomic E-state index is 10.8. The Bertz CT molecular complexity index is 163. The second-order valence-electron chi connectivity index (χ2n) is 3.15. The van der Waals surface area contributed by atoms with E-state index in [1.54, 1.807) is 6.92 Å². The van der Waals surface area contributed by atoms with Gasteiger partial charge in [0.1, 0.15) is 5.78 Å². The molecule has 0 spiro atoms. The van der Waals surface area contributed by atoms with Crippen molar-refractivity contribution in [3.63, 3.8) is 0 Å². The Labute approximate surface area is 72.8 Å². The molecule has 3 heteroatoms. The second-order valence-corrected chi connectivity index (χ2v) is 3.15. The van der Waals surface area contributed by atoms with Crippen LogP contribution in [-0.4, -0.2) is 16.9 Å². The topological polar surface area (TPSA) is 54.4 Å². The van der Waals surface area contributed by atoms with Gasteiger partial charge >= 0.3 is 5.97 Å². The third-order valence-electron chi connectivity index (χ3n) is 1.97. The maximum atomic E-state index is 10.8. The lowest BCUT2D eigenvalue weighted by Crippen LogP contribution is -2.06. The summed E-state index contributed by atoms with van der Waals surface area (Å²) in [5, 5.41) is 8.32. The molecule has 0 radical (unpaired) electrons. The molecule has 1 atom stereocenters. The summed E-state index contributed by atoms with van der Waals surface area (Å²) >= 11 is 0. The maximum Gasteiger partial charge on any atom is 0.303 e. The zero-order chi connectivity index (χ0) is 9.56. The van der Waals surface area contributed by atoms with Crippen LogP contribution in [0.25, 0.3) is 0 Å². The average molecular weight is 172 g/mol. The van der Waals surface area contributed by atoms with Crippen LogP contribution < -0.4 is 0 Å². The van der Waals surface area contributed by atoms with Crippen molar-refractivity contribution in [1.82, 2.24) is 0 Å².